The normalized spacial score (nSPS) is 32.1. The Labute approximate surface area is 116 Å². The van der Waals surface area contributed by atoms with Gasteiger partial charge in [-0.05, 0) is 45.7 Å². The van der Waals surface area contributed by atoms with E-state index in [0.717, 1.165) is 26.1 Å². The molecule has 0 aromatic heterocycles. The first kappa shape index (κ1) is 15.7. The van der Waals surface area contributed by atoms with Crippen LogP contribution in [0.3, 0.4) is 0 Å². The molecule has 0 spiro atoms. The Morgan fingerprint density at radius 1 is 1.44 bits per heavy atom. The quantitative estimate of drug-likeness (QED) is 0.848. The fraction of sp³-hybridized carbons (Fsp3) is 0.923. The lowest BCUT2D eigenvalue weighted by atomic mass is 10.0. The number of carbonyl (C=O) groups is 1. The van der Waals surface area contributed by atoms with Gasteiger partial charge in [0.05, 0.1) is 18.8 Å². The van der Waals surface area contributed by atoms with Crippen LogP contribution in [0, 0.1) is 5.92 Å². The molecule has 1 N–H and O–H groups in total. The molecule has 0 aromatic carbocycles. The highest BCUT2D eigenvalue weighted by molar-refractivity contribution is 5.85. The summed E-state index contributed by atoms with van der Waals surface area (Å²) >= 11 is 0. The van der Waals surface area contributed by atoms with Crippen LogP contribution in [-0.4, -0.2) is 49.2 Å². The van der Waals surface area contributed by atoms with Gasteiger partial charge in [-0.1, -0.05) is 0 Å². The Hall–Kier alpha value is -0.320. The van der Waals surface area contributed by atoms with Crippen LogP contribution < -0.4 is 5.32 Å². The molecule has 3 atom stereocenters. The van der Waals surface area contributed by atoms with Gasteiger partial charge in [0.25, 0.3) is 0 Å². The van der Waals surface area contributed by atoms with E-state index in [0.29, 0.717) is 24.9 Å². The topological polar surface area (TPSA) is 41.6 Å². The first-order chi connectivity index (χ1) is 8.18. The van der Waals surface area contributed by atoms with E-state index in [9.17, 15) is 4.79 Å². The lowest BCUT2D eigenvalue weighted by Crippen LogP contribution is -2.51. The van der Waals surface area contributed by atoms with Crippen molar-refractivity contribution >= 4 is 18.3 Å². The fourth-order valence-corrected chi connectivity index (χ4v) is 2.72. The second kappa shape index (κ2) is 7.31. The summed E-state index contributed by atoms with van der Waals surface area (Å²) in [6.45, 7) is 7.77. The number of amides is 1. The van der Waals surface area contributed by atoms with Crippen LogP contribution in [0.5, 0.6) is 0 Å². The molecule has 2 heterocycles. The van der Waals surface area contributed by atoms with Gasteiger partial charge < -0.3 is 15.0 Å². The Kier molecular flexibility index (Phi) is 6.39. The number of rotatable bonds is 3. The predicted octanol–water partition coefficient (Wildman–Crippen LogP) is 1.43. The van der Waals surface area contributed by atoms with Crippen molar-refractivity contribution in [2.24, 2.45) is 5.92 Å². The molecule has 2 saturated heterocycles. The summed E-state index contributed by atoms with van der Waals surface area (Å²) in [6, 6.07) is 0.220. The van der Waals surface area contributed by atoms with Gasteiger partial charge in [-0.3, -0.25) is 4.79 Å². The molecule has 2 aliphatic heterocycles. The van der Waals surface area contributed by atoms with Crippen LogP contribution in [-0.2, 0) is 9.53 Å². The van der Waals surface area contributed by atoms with Crippen molar-refractivity contribution in [3.8, 4) is 0 Å². The van der Waals surface area contributed by atoms with Gasteiger partial charge in [0, 0.05) is 13.0 Å². The summed E-state index contributed by atoms with van der Waals surface area (Å²) in [5.74, 6) is 1.01. The van der Waals surface area contributed by atoms with Crippen molar-refractivity contribution in [3.63, 3.8) is 0 Å². The number of halogens is 1. The maximum absolute atomic E-state index is 12.2. The minimum atomic E-state index is 0. The van der Waals surface area contributed by atoms with Crippen LogP contribution in [0.2, 0.25) is 0 Å². The number of hydrogen-bond donors (Lipinski definition) is 1. The second-order valence-electron chi connectivity index (χ2n) is 5.30. The highest BCUT2D eigenvalue weighted by Gasteiger charge is 2.29. The minimum absolute atomic E-state index is 0. The number of nitrogens with one attached hydrogen (secondary N) is 1. The third-order valence-electron chi connectivity index (χ3n) is 4.13. The van der Waals surface area contributed by atoms with Crippen LogP contribution >= 0.6 is 12.4 Å². The van der Waals surface area contributed by atoms with E-state index in [1.54, 1.807) is 0 Å². The van der Waals surface area contributed by atoms with Gasteiger partial charge in [0.1, 0.15) is 0 Å². The first-order valence-electron chi connectivity index (χ1n) is 6.80. The van der Waals surface area contributed by atoms with Crippen LogP contribution in [0.4, 0.5) is 0 Å². The van der Waals surface area contributed by atoms with E-state index in [4.69, 9.17) is 4.74 Å². The molecular weight excluding hydrogens is 252 g/mol. The van der Waals surface area contributed by atoms with Gasteiger partial charge in [0.15, 0.2) is 0 Å². The molecule has 0 radical (unpaired) electrons. The molecule has 4 nitrogen and oxygen atoms in total. The second-order valence-corrected chi connectivity index (χ2v) is 5.30. The SMILES string of the molecule is CC1OCCN(C(=O)CCC2CCNC2)C1C.Cl. The average Bonchev–Trinajstić information content (AvgIpc) is 2.82. The Morgan fingerprint density at radius 2 is 2.22 bits per heavy atom. The molecule has 2 fully saturated rings. The number of carbonyl (C=O) groups excluding carboxylic acids is 1. The molecule has 0 aliphatic carbocycles. The van der Waals surface area contributed by atoms with E-state index >= 15 is 0 Å². The van der Waals surface area contributed by atoms with E-state index < -0.39 is 0 Å². The van der Waals surface area contributed by atoms with Gasteiger partial charge in [-0.25, -0.2) is 0 Å². The fourth-order valence-electron chi connectivity index (χ4n) is 2.72. The van der Waals surface area contributed by atoms with Crippen LogP contribution in [0.25, 0.3) is 0 Å². The summed E-state index contributed by atoms with van der Waals surface area (Å²) in [5, 5.41) is 3.35. The van der Waals surface area contributed by atoms with Crippen molar-refractivity contribution in [2.45, 2.75) is 45.3 Å². The highest BCUT2D eigenvalue weighted by atomic mass is 35.5. The maximum atomic E-state index is 12.2. The van der Waals surface area contributed by atoms with E-state index in [1.807, 2.05) is 11.8 Å². The van der Waals surface area contributed by atoms with Crippen molar-refractivity contribution in [1.82, 2.24) is 10.2 Å². The standard InChI is InChI=1S/C13H24N2O2.ClH/c1-10-11(2)17-8-7-15(10)13(16)4-3-12-5-6-14-9-12;/h10-12,14H,3-9H2,1-2H3;1H. The Morgan fingerprint density at radius 3 is 2.89 bits per heavy atom. The third kappa shape index (κ3) is 3.84. The van der Waals surface area contributed by atoms with Gasteiger partial charge in [-0.15, -0.1) is 12.4 Å². The molecule has 3 unspecified atom stereocenters. The summed E-state index contributed by atoms with van der Waals surface area (Å²) in [4.78, 5) is 14.2. The van der Waals surface area contributed by atoms with Gasteiger partial charge in [-0.2, -0.15) is 0 Å². The maximum Gasteiger partial charge on any atom is 0.222 e. The lowest BCUT2D eigenvalue weighted by molar-refractivity contribution is -0.144. The molecule has 1 amide bonds. The van der Waals surface area contributed by atoms with Crippen LogP contribution in [0.1, 0.15) is 33.1 Å². The smallest absolute Gasteiger partial charge is 0.222 e. The molecule has 106 valence electrons. The zero-order chi connectivity index (χ0) is 12.3. The van der Waals surface area contributed by atoms with Gasteiger partial charge in [0.2, 0.25) is 5.91 Å². The highest BCUT2D eigenvalue weighted by Crippen LogP contribution is 2.18. The van der Waals surface area contributed by atoms with E-state index in [2.05, 4.69) is 12.2 Å². The zero-order valence-corrected chi connectivity index (χ0v) is 12.2. The largest absolute Gasteiger partial charge is 0.375 e. The van der Waals surface area contributed by atoms with E-state index in [1.165, 1.54) is 6.42 Å². The summed E-state index contributed by atoms with van der Waals surface area (Å²) < 4.78 is 5.54. The average molecular weight is 277 g/mol. The van der Waals surface area contributed by atoms with Crippen LogP contribution in [0.15, 0.2) is 0 Å². The molecule has 5 heteroatoms. The molecule has 0 saturated carbocycles. The lowest BCUT2D eigenvalue weighted by Gasteiger charge is -2.38. The summed E-state index contributed by atoms with van der Waals surface area (Å²) in [7, 11) is 0. The van der Waals surface area contributed by atoms with Gasteiger partial charge >= 0.3 is 0 Å². The molecular formula is C13H25ClN2O2. The van der Waals surface area contributed by atoms with E-state index in [-0.39, 0.29) is 24.6 Å². The number of ether oxygens (including phenoxy) is 1. The molecule has 0 bridgehead atoms. The predicted molar refractivity (Wildman–Crippen MR) is 74.0 cm³/mol. The zero-order valence-electron chi connectivity index (χ0n) is 11.4. The molecule has 18 heavy (non-hydrogen) atoms. The monoisotopic (exact) mass is 276 g/mol. The van der Waals surface area contributed by atoms with Crippen molar-refractivity contribution in [1.29, 1.82) is 0 Å². The Bertz CT molecular complexity index is 270. The summed E-state index contributed by atoms with van der Waals surface area (Å²) in [6.07, 6.45) is 3.12. The summed E-state index contributed by atoms with van der Waals surface area (Å²) in [5.41, 5.74) is 0. The van der Waals surface area contributed by atoms with Crippen molar-refractivity contribution in [2.75, 3.05) is 26.2 Å². The Balaban J connectivity index is 0.00000162. The first-order valence-corrected chi connectivity index (χ1v) is 6.80. The number of morpholine rings is 1. The minimum Gasteiger partial charge on any atom is -0.375 e. The number of nitrogens with zero attached hydrogens (tertiary/aromatic N) is 1. The molecule has 2 rings (SSSR count). The third-order valence-corrected chi connectivity index (χ3v) is 4.13. The van der Waals surface area contributed by atoms with Crippen molar-refractivity contribution < 1.29 is 9.53 Å². The van der Waals surface area contributed by atoms with Crippen molar-refractivity contribution in [3.05, 3.63) is 0 Å². The molecule has 2 aliphatic rings. The number of hydrogen-bond acceptors (Lipinski definition) is 3. The molecule has 0 aromatic rings.